The van der Waals surface area contributed by atoms with Crippen LogP contribution in [0.4, 0.5) is 5.69 Å². The van der Waals surface area contributed by atoms with Crippen LogP contribution in [0.5, 0.6) is 0 Å². The van der Waals surface area contributed by atoms with Gasteiger partial charge in [-0.3, -0.25) is 9.69 Å². The molecule has 3 aromatic rings. The smallest absolute Gasteiger partial charge is 0.269 e. The Kier molecular flexibility index (Phi) is 5.74. The molecule has 0 unspecified atom stereocenters. The highest BCUT2D eigenvalue weighted by Crippen LogP contribution is 2.25. The zero-order valence-corrected chi connectivity index (χ0v) is 16.4. The summed E-state index contributed by atoms with van der Waals surface area (Å²) in [6.45, 7) is 5.22. The van der Waals surface area contributed by atoms with Crippen LogP contribution in [0.3, 0.4) is 0 Å². The van der Waals surface area contributed by atoms with Gasteiger partial charge in [0.25, 0.3) is 5.91 Å². The number of hydrogen-bond acceptors (Lipinski definition) is 4. The van der Waals surface area contributed by atoms with Crippen LogP contribution in [0, 0.1) is 0 Å². The van der Waals surface area contributed by atoms with Crippen molar-refractivity contribution in [1.82, 2.24) is 15.2 Å². The van der Waals surface area contributed by atoms with Gasteiger partial charge in [-0.1, -0.05) is 48.0 Å². The Morgan fingerprint density at radius 1 is 0.964 bits per heavy atom. The molecule has 1 aliphatic rings. The number of anilines is 1. The summed E-state index contributed by atoms with van der Waals surface area (Å²) in [7, 11) is 0. The standard InChI is InChI=1S/C22H23ClN4O/c23-18-6-2-4-8-21(18)27-15-13-26(14-16-27)12-11-24-22(28)20-10-9-17-5-1-3-7-19(17)25-20/h1-10H,11-16H2,(H,24,28). The van der Waals surface area contributed by atoms with E-state index in [0.717, 1.165) is 54.3 Å². The molecular formula is C22H23ClN4O. The van der Waals surface area contributed by atoms with Gasteiger partial charge in [-0.15, -0.1) is 0 Å². The topological polar surface area (TPSA) is 48.5 Å². The summed E-state index contributed by atoms with van der Waals surface area (Å²) < 4.78 is 0. The first-order chi connectivity index (χ1) is 13.7. The number of para-hydroxylation sites is 2. The fraction of sp³-hybridized carbons (Fsp3) is 0.273. The molecule has 144 valence electrons. The van der Waals surface area contributed by atoms with Crippen molar-refractivity contribution in [2.45, 2.75) is 0 Å². The number of nitrogens with one attached hydrogen (secondary N) is 1. The number of amides is 1. The lowest BCUT2D eigenvalue weighted by molar-refractivity contribution is 0.0943. The first-order valence-corrected chi connectivity index (χ1v) is 9.94. The fourth-order valence-electron chi connectivity index (χ4n) is 3.53. The van der Waals surface area contributed by atoms with Crippen molar-refractivity contribution in [3.63, 3.8) is 0 Å². The Morgan fingerprint density at radius 2 is 1.71 bits per heavy atom. The van der Waals surface area contributed by atoms with Crippen LogP contribution in [0.1, 0.15) is 10.5 Å². The minimum absolute atomic E-state index is 0.125. The molecule has 0 atom stereocenters. The van der Waals surface area contributed by atoms with Crippen molar-refractivity contribution in [2.24, 2.45) is 0 Å². The summed E-state index contributed by atoms with van der Waals surface area (Å²) >= 11 is 6.30. The van der Waals surface area contributed by atoms with Gasteiger partial charge in [0.15, 0.2) is 0 Å². The lowest BCUT2D eigenvalue weighted by Gasteiger charge is -2.36. The average molecular weight is 395 g/mol. The molecule has 6 heteroatoms. The van der Waals surface area contributed by atoms with Crippen molar-refractivity contribution in [1.29, 1.82) is 0 Å². The average Bonchev–Trinajstić information content (AvgIpc) is 2.74. The Bertz CT molecular complexity index is 969. The highest BCUT2D eigenvalue weighted by molar-refractivity contribution is 6.33. The number of benzene rings is 2. The molecule has 28 heavy (non-hydrogen) atoms. The monoisotopic (exact) mass is 394 g/mol. The number of pyridine rings is 1. The second-order valence-corrected chi connectivity index (χ2v) is 7.33. The van der Waals surface area contributed by atoms with Gasteiger partial charge in [-0.25, -0.2) is 4.98 Å². The predicted octanol–water partition coefficient (Wildman–Crippen LogP) is 3.44. The highest BCUT2D eigenvalue weighted by Gasteiger charge is 2.18. The molecule has 2 heterocycles. The summed E-state index contributed by atoms with van der Waals surface area (Å²) in [5.74, 6) is -0.125. The van der Waals surface area contributed by atoms with Gasteiger partial charge in [-0.05, 0) is 24.3 Å². The van der Waals surface area contributed by atoms with Gasteiger partial charge < -0.3 is 10.2 Å². The number of rotatable bonds is 5. The molecule has 2 aromatic carbocycles. The summed E-state index contributed by atoms with van der Waals surface area (Å²) in [6.07, 6.45) is 0. The van der Waals surface area contributed by atoms with E-state index in [0.29, 0.717) is 12.2 Å². The summed E-state index contributed by atoms with van der Waals surface area (Å²) in [5, 5.41) is 4.82. The number of nitrogens with zero attached hydrogens (tertiary/aromatic N) is 3. The van der Waals surface area contributed by atoms with Crippen LogP contribution < -0.4 is 10.2 Å². The Balaban J connectivity index is 1.25. The second-order valence-electron chi connectivity index (χ2n) is 6.93. The third kappa shape index (κ3) is 4.26. The largest absolute Gasteiger partial charge is 0.368 e. The van der Waals surface area contributed by atoms with Crippen LogP contribution in [-0.4, -0.2) is 55.1 Å². The number of carbonyl (C=O) groups excluding carboxylic acids is 1. The molecule has 0 bridgehead atoms. The maximum Gasteiger partial charge on any atom is 0.269 e. The molecular weight excluding hydrogens is 372 g/mol. The number of hydrogen-bond donors (Lipinski definition) is 1. The zero-order valence-electron chi connectivity index (χ0n) is 15.6. The van der Waals surface area contributed by atoms with Crippen LogP contribution >= 0.6 is 11.6 Å². The van der Waals surface area contributed by atoms with Crippen molar-refractivity contribution < 1.29 is 4.79 Å². The van der Waals surface area contributed by atoms with Gasteiger partial charge in [-0.2, -0.15) is 0 Å². The Labute approximate surface area is 169 Å². The molecule has 1 fully saturated rings. The van der Waals surface area contributed by atoms with Gasteiger partial charge in [0.2, 0.25) is 0 Å². The second kappa shape index (κ2) is 8.59. The van der Waals surface area contributed by atoms with Crippen LogP contribution in [0.15, 0.2) is 60.7 Å². The lowest BCUT2D eigenvalue weighted by Crippen LogP contribution is -2.48. The van der Waals surface area contributed by atoms with Gasteiger partial charge in [0.1, 0.15) is 5.69 Å². The van der Waals surface area contributed by atoms with Gasteiger partial charge >= 0.3 is 0 Å². The first-order valence-electron chi connectivity index (χ1n) is 9.56. The molecule has 1 amide bonds. The van der Waals surface area contributed by atoms with E-state index >= 15 is 0 Å². The molecule has 1 N–H and O–H groups in total. The molecule has 0 saturated carbocycles. The number of fused-ring (bicyclic) bond motifs is 1. The van der Waals surface area contributed by atoms with Gasteiger partial charge in [0, 0.05) is 44.7 Å². The highest BCUT2D eigenvalue weighted by atomic mass is 35.5. The molecule has 5 nitrogen and oxygen atoms in total. The maximum absolute atomic E-state index is 12.4. The molecule has 0 radical (unpaired) electrons. The van der Waals surface area contributed by atoms with E-state index in [9.17, 15) is 4.79 Å². The zero-order chi connectivity index (χ0) is 19.3. The summed E-state index contributed by atoms with van der Waals surface area (Å²) in [6, 6.07) is 19.5. The Morgan fingerprint density at radius 3 is 2.54 bits per heavy atom. The SMILES string of the molecule is O=C(NCCN1CCN(c2ccccc2Cl)CC1)c1ccc2ccccc2n1. The normalized spacial score (nSPS) is 15.0. The minimum Gasteiger partial charge on any atom is -0.368 e. The van der Waals surface area contributed by atoms with Crippen LogP contribution in [-0.2, 0) is 0 Å². The van der Waals surface area contributed by atoms with E-state index in [1.165, 1.54) is 0 Å². The van der Waals surface area contributed by atoms with Crippen LogP contribution in [0.2, 0.25) is 5.02 Å². The molecule has 1 aromatic heterocycles. The van der Waals surface area contributed by atoms with Crippen molar-refractivity contribution >= 4 is 34.1 Å². The molecule has 1 saturated heterocycles. The van der Waals surface area contributed by atoms with E-state index in [-0.39, 0.29) is 5.91 Å². The maximum atomic E-state index is 12.4. The minimum atomic E-state index is -0.125. The molecule has 0 aliphatic carbocycles. The number of carbonyl (C=O) groups is 1. The fourth-order valence-corrected chi connectivity index (χ4v) is 3.79. The number of halogens is 1. The van der Waals surface area contributed by atoms with Gasteiger partial charge in [0.05, 0.1) is 16.2 Å². The third-order valence-electron chi connectivity index (χ3n) is 5.11. The van der Waals surface area contributed by atoms with Crippen molar-refractivity contribution in [3.05, 3.63) is 71.4 Å². The van der Waals surface area contributed by atoms with E-state index in [1.54, 1.807) is 6.07 Å². The molecule has 4 rings (SSSR count). The quantitative estimate of drug-likeness (QED) is 0.720. The van der Waals surface area contributed by atoms with Crippen LogP contribution in [0.25, 0.3) is 10.9 Å². The van der Waals surface area contributed by atoms with Crippen molar-refractivity contribution in [3.8, 4) is 0 Å². The number of aromatic nitrogens is 1. The summed E-state index contributed by atoms with van der Waals surface area (Å²) in [5.41, 5.74) is 2.40. The molecule has 1 aliphatic heterocycles. The van der Waals surface area contributed by atoms with E-state index in [2.05, 4.69) is 26.2 Å². The summed E-state index contributed by atoms with van der Waals surface area (Å²) in [4.78, 5) is 21.5. The van der Waals surface area contributed by atoms with E-state index in [4.69, 9.17) is 11.6 Å². The Hall–Kier alpha value is -2.63. The molecule has 0 spiro atoms. The first kappa shape index (κ1) is 18.7. The van der Waals surface area contributed by atoms with E-state index in [1.807, 2.05) is 48.5 Å². The predicted molar refractivity (Wildman–Crippen MR) is 114 cm³/mol. The number of piperazine rings is 1. The lowest BCUT2D eigenvalue weighted by atomic mass is 10.2. The van der Waals surface area contributed by atoms with Crippen molar-refractivity contribution in [2.75, 3.05) is 44.2 Å². The van der Waals surface area contributed by atoms with E-state index < -0.39 is 0 Å². The third-order valence-corrected chi connectivity index (χ3v) is 5.43.